The van der Waals surface area contributed by atoms with Gasteiger partial charge in [-0.15, -0.1) is 0 Å². The summed E-state index contributed by atoms with van der Waals surface area (Å²) in [5, 5.41) is 3.12. The molecule has 2 fully saturated rings. The Morgan fingerprint density at radius 1 is 1.44 bits per heavy atom. The predicted molar refractivity (Wildman–Crippen MR) is 75.0 cm³/mol. The summed E-state index contributed by atoms with van der Waals surface area (Å²) in [6.07, 6.45) is 5.01. The van der Waals surface area contributed by atoms with E-state index in [9.17, 15) is 4.79 Å². The van der Waals surface area contributed by atoms with E-state index in [1.165, 1.54) is 19.3 Å². The van der Waals surface area contributed by atoms with Crippen molar-refractivity contribution in [2.24, 2.45) is 0 Å². The van der Waals surface area contributed by atoms with Crippen molar-refractivity contribution in [1.29, 1.82) is 0 Å². The van der Waals surface area contributed by atoms with Crippen LogP contribution in [-0.4, -0.2) is 61.2 Å². The first-order valence-electron chi connectivity index (χ1n) is 6.96. The van der Waals surface area contributed by atoms with Crippen LogP contribution in [0.1, 0.15) is 25.7 Å². The quantitative estimate of drug-likeness (QED) is 0.835. The zero-order valence-corrected chi connectivity index (χ0v) is 12.0. The van der Waals surface area contributed by atoms with Crippen LogP contribution in [0.4, 0.5) is 0 Å². The third-order valence-electron chi connectivity index (χ3n) is 3.70. The molecular formula is C13H24N2O2S. The van der Waals surface area contributed by atoms with Gasteiger partial charge in [-0.05, 0) is 19.9 Å². The Balaban J connectivity index is 1.90. The fraction of sp³-hybridized carbons (Fsp3) is 0.923. The summed E-state index contributed by atoms with van der Waals surface area (Å²) in [6, 6.07) is -0.0247. The highest BCUT2D eigenvalue weighted by Crippen LogP contribution is 2.17. The van der Waals surface area contributed by atoms with Gasteiger partial charge in [-0.2, -0.15) is 11.8 Å². The van der Waals surface area contributed by atoms with Crippen molar-refractivity contribution in [1.82, 2.24) is 10.2 Å². The second-order valence-corrected chi connectivity index (χ2v) is 6.19. The number of nitrogens with one attached hydrogen (secondary N) is 1. The molecule has 2 rings (SSSR count). The van der Waals surface area contributed by atoms with Gasteiger partial charge in [0.15, 0.2) is 0 Å². The highest BCUT2D eigenvalue weighted by atomic mass is 32.2. The number of rotatable bonds is 3. The molecule has 18 heavy (non-hydrogen) atoms. The maximum atomic E-state index is 12.3. The normalized spacial score (nSPS) is 30.9. The van der Waals surface area contributed by atoms with Gasteiger partial charge in [-0.3, -0.25) is 4.79 Å². The number of hydrogen-bond donors (Lipinski definition) is 1. The largest absolute Gasteiger partial charge is 0.376 e. The van der Waals surface area contributed by atoms with Crippen LogP contribution in [0, 0.1) is 0 Å². The summed E-state index contributed by atoms with van der Waals surface area (Å²) in [6.45, 7) is 2.50. The molecule has 2 atom stereocenters. The number of carbonyl (C=O) groups is 1. The molecule has 0 aromatic carbocycles. The standard InChI is InChI=1S/C13H24N2O2S/c1-14-12-10-18-8-6-15(13(12)16)9-11-5-3-2-4-7-17-11/h11-12,14H,2-10H2,1H3. The molecule has 1 amide bonds. The Bertz CT molecular complexity index is 268. The highest BCUT2D eigenvalue weighted by Gasteiger charge is 2.28. The van der Waals surface area contributed by atoms with E-state index in [2.05, 4.69) is 5.32 Å². The maximum absolute atomic E-state index is 12.3. The Hall–Kier alpha value is -0.260. The van der Waals surface area contributed by atoms with Gasteiger partial charge in [0.1, 0.15) is 0 Å². The lowest BCUT2D eigenvalue weighted by atomic mass is 10.1. The first kappa shape index (κ1) is 14.2. The van der Waals surface area contributed by atoms with Crippen LogP contribution in [-0.2, 0) is 9.53 Å². The number of ether oxygens (including phenoxy) is 1. The summed E-state index contributed by atoms with van der Waals surface area (Å²) >= 11 is 1.86. The van der Waals surface area contributed by atoms with Gasteiger partial charge in [0.25, 0.3) is 0 Å². The predicted octanol–water partition coefficient (Wildman–Crippen LogP) is 1.11. The molecule has 0 radical (unpaired) electrons. The lowest BCUT2D eigenvalue weighted by Crippen LogP contribution is -2.48. The molecule has 2 aliphatic heterocycles. The van der Waals surface area contributed by atoms with Crippen LogP contribution in [0.2, 0.25) is 0 Å². The zero-order valence-electron chi connectivity index (χ0n) is 11.2. The number of likely N-dealkylation sites (N-methyl/N-ethyl adjacent to an activating group) is 1. The van der Waals surface area contributed by atoms with Gasteiger partial charge in [0, 0.05) is 31.2 Å². The molecule has 0 aromatic rings. The van der Waals surface area contributed by atoms with Crippen LogP contribution in [0.25, 0.3) is 0 Å². The van der Waals surface area contributed by atoms with Gasteiger partial charge < -0.3 is 15.0 Å². The monoisotopic (exact) mass is 272 g/mol. The van der Waals surface area contributed by atoms with Gasteiger partial charge in [0.05, 0.1) is 12.1 Å². The minimum Gasteiger partial charge on any atom is -0.376 e. The zero-order chi connectivity index (χ0) is 12.8. The SMILES string of the molecule is CNC1CSCCN(CC2CCCCCO2)C1=O. The first-order valence-corrected chi connectivity index (χ1v) is 8.12. The molecule has 4 nitrogen and oxygen atoms in total. The molecule has 0 aliphatic carbocycles. The van der Waals surface area contributed by atoms with Crippen LogP contribution in [0.15, 0.2) is 0 Å². The second-order valence-electron chi connectivity index (χ2n) is 5.04. The molecule has 0 aromatic heterocycles. The fourth-order valence-corrected chi connectivity index (χ4v) is 3.60. The molecule has 5 heteroatoms. The van der Waals surface area contributed by atoms with E-state index in [1.807, 2.05) is 23.7 Å². The molecule has 1 N–H and O–H groups in total. The number of hydrogen-bond acceptors (Lipinski definition) is 4. The van der Waals surface area contributed by atoms with E-state index in [0.29, 0.717) is 0 Å². The van der Waals surface area contributed by atoms with E-state index < -0.39 is 0 Å². The third kappa shape index (κ3) is 3.87. The van der Waals surface area contributed by atoms with Crippen LogP contribution in [0.3, 0.4) is 0 Å². The van der Waals surface area contributed by atoms with Gasteiger partial charge >= 0.3 is 0 Å². The van der Waals surface area contributed by atoms with Gasteiger partial charge in [-0.1, -0.05) is 12.8 Å². The molecular weight excluding hydrogens is 248 g/mol. The van der Waals surface area contributed by atoms with Crippen molar-refractivity contribution >= 4 is 17.7 Å². The lowest BCUT2D eigenvalue weighted by molar-refractivity contribution is -0.134. The third-order valence-corrected chi connectivity index (χ3v) is 4.74. The Labute approximate surface area is 114 Å². The number of carbonyl (C=O) groups excluding carboxylic acids is 1. The van der Waals surface area contributed by atoms with Gasteiger partial charge in [-0.25, -0.2) is 0 Å². The van der Waals surface area contributed by atoms with Crippen LogP contribution in [0.5, 0.6) is 0 Å². The first-order chi connectivity index (χ1) is 8.81. The second kappa shape index (κ2) is 7.36. The average molecular weight is 272 g/mol. The van der Waals surface area contributed by atoms with E-state index in [0.717, 1.165) is 37.6 Å². The van der Waals surface area contributed by atoms with Crippen LogP contribution < -0.4 is 5.32 Å². The van der Waals surface area contributed by atoms with Gasteiger partial charge in [0.2, 0.25) is 5.91 Å². The minimum atomic E-state index is -0.0247. The van der Waals surface area contributed by atoms with Crippen molar-refractivity contribution in [3.8, 4) is 0 Å². The maximum Gasteiger partial charge on any atom is 0.240 e. The number of amides is 1. The molecule has 2 aliphatic rings. The number of nitrogens with zero attached hydrogens (tertiary/aromatic N) is 1. The summed E-state index contributed by atoms with van der Waals surface area (Å²) in [4.78, 5) is 14.3. The van der Waals surface area contributed by atoms with E-state index >= 15 is 0 Å². The van der Waals surface area contributed by atoms with Crippen molar-refractivity contribution in [3.63, 3.8) is 0 Å². The molecule has 0 saturated carbocycles. The van der Waals surface area contributed by atoms with Crippen LogP contribution >= 0.6 is 11.8 Å². The fourth-order valence-electron chi connectivity index (χ4n) is 2.54. The van der Waals surface area contributed by atoms with E-state index in [4.69, 9.17) is 4.74 Å². The topological polar surface area (TPSA) is 41.6 Å². The molecule has 0 spiro atoms. The molecule has 0 bridgehead atoms. The minimum absolute atomic E-state index is 0.0247. The lowest BCUT2D eigenvalue weighted by Gasteiger charge is -2.27. The summed E-state index contributed by atoms with van der Waals surface area (Å²) in [5.74, 6) is 2.17. The summed E-state index contributed by atoms with van der Waals surface area (Å²) in [7, 11) is 1.87. The van der Waals surface area contributed by atoms with Crippen molar-refractivity contribution in [2.75, 3.05) is 38.2 Å². The molecule has 2 saturated heterocycles. The molecule has 2 heterocycles. The Morgan fingerprint density at radius 2 is 2.33 bits per heavy atom. The highest BCUT2D eigenvalue weighted by molar-refractivity contribution is 7.99. The van der Waals surface area contributed by atoms with Crippen molar-refractivity contribution in [2.45, 2.75) is 37.8 Å². The smallest absolute Gasteiger partial charge is 0.240 e. The summed E-state index contributed by atoms with van der Waals surface area (Å²) in [5.41, 5.74) is 0. The molecule has 104 valence electrons. The Kier molecular flexibility index (Phi) is 5.79. The number of thioether (sulfide) groups is 1. The summed E-state index contributed by atoms with van der Waals surface area (Å²) < 4.78 is 5.84. The Morgan fingerprint density at radius 3 is 3.17 bits per heavy atom. The van der Waals surface area contributed by atoms with Crippen molar-refractivity contribution in [3.05, 3.63) is 0 Å². The van der Waals surface area contributed by atoms with E-state index in [-0.39, 0.29) is 18.1 Å². The van der Waals surface area contributed by atoms with Crippen molar-refractivity contribution < 1.29 is 9.53 Å². The van der Waals surface area contributed by atoms with E-state index in [1.54, 1.807) is 0 Å². The average Bonchev–Trinajstić information content (AvgIpc) is 2.73. The molecule has 2 unspecified atom stereocenters.